The third-order valence-electron chi connectivity index (χ3n) is 6.57. The Bertz CT molecular complexity index is 1470. The molecule has 1 saturated carbocycles. The van der Waals surface area contributed by atoms with Crippen molar-refractivity contribution in [3.63, 3.8) is 0 Å². The minimum absolute atomic E-state index is 0.152. The first kappa shape index (κ1) is 22.4. The monoisotopic (exact) mass is 500 g/mol. The van der Waals surface area contributed by atoms with E-state index in [1.165, 1.54) is 17.8 Å². The first-order valence-corrected chi connectivity index (χ1v) is 12.8. The summed E-state index contributed by atoms with van der Waals surface area (Å²) in [7, 11) is 0. The van der Waals surface area contributed by atoms with Crippen molar-refractivity contribution in [3.8, 4) is 11.6 Å². The summed E-state index contributed by atoms with van der Waals surface area (Å²) in [5.41, 5.74) is 2.77. The maximum absolute atomic E-state index is 13.4. The van der Waals surface area contributed by atoms with Crippen molar-refractivity contribution in [1.29, 1.82) is 0 Å². The molecule has 1 aliphatic heterocycles. The van der Waals surface area contributed by atoms with Gasteiger partial charge in [0.25, 0.3) is 5.91 Å². The molecule has 4 heterocycles. The zero-order chi connectivity index (χ0) is 24.6. The van der Waals surface area contributed by atoms with Gasteiger partial charge in [0.05, 0.1) is 22.4 Å². The number of rotatable bonds is 5. The van der Waals surface area contributed by atoms with Crippen LogP contribution in [0.5, 0.6) is 11.6 Å². The normalized spacial score (nSPS) is 15.6. The maximum Gasteiger partial charge on any atom is 0.331 e. The molecule has 1 aromatic carbocycles. The van der Waals surface area contributed by atoms with Gasteiger partial charge in [-0.05, 0) is 55.7 Å². The second kappa shape index (κ2) is 9.19. The molecule has 2 aliphatic rings. The number of aryl methyl sites for hydroxylation is 1. The molecular weight excluding hydrogens is 476 g/mol. The van der Waals surface area contributed by atoms with Gasteiger partial charge in [0, 0.05) is 24.5 Å². The zero-order valence-electron chi connectivity index (χ0n) is 19.7. The average Bonchev–Trinajstić information content (AvgIpc) is 3.26. The summed E-state index contributed by atoms with van der Waals surface area (Å²) in [6.07, 6.45) is 8.71. The van der Waals surface area contributed by atoms with E-state index in [0.717, 1.165) is 36.6 Å². The highest BCUT2D eigenvalue weighted by molar-refractivity contribution is 7.21. The number of carbonyl (C=O) groups excluding carboxylic acids is 2. The Morgan fingerprint density at radius 1 is 1.14 bits per heavy atom. The lowest BCUT2D eigenvalue weighted by molar-refractivity contribution is 0.0932. The number of anilines is 3. The number of hydrogen-bond donors (Lipinski definition) is 2. The number of benzene rings is 1. The van der Waals surface area contributed by atoms with Gasteiger partial charge in [-0.15, -0.1) is 16.4 Å². The predicted molar refractivity (Wildman–Crippen MR) is 138 cm³/mol. The van der Waals surface area contributed by atoms with Gasteiger partial charge < -0.3 is 15.4 Å². The molecule has 10 heteroatoms. The summed E-state index contributed by atoms with van der Waals surface area (Å²) in [5.74, 6) is 0.825. The van der Waals surface area contributed by atoms with Crippen LogP contribution in [0.2, 0.25) is 0 Å². The molecule has 0 bridgehead atoms. The minimum atomic E-state index is -0.328. The molecule has 1 aliphatic carbocycles. The number of thiophene rings is 1. The SMILES string of the molecule is Cc1cc(Oc2cccnn2)ccc1N1C(=O)Nc2c(C(=O)NC3CCCCC3)sc3nccc1c23. The molecule has 3 aromatic heterocycles. The Kier molecular flexibility index (Phi) is 5.73. The van der Waals surface area contributed by atoms with Crippen molar-refractivity contribution < 1.29 is 14.3 Å². The molecule has 0 radical (unpaired) electrons. The molecule has 9 nitrogen and oxygen atoms in total. The highest BCUT2D eigenvalue weighted by Gasteiger charge is 2.33. The van der Waals surface area contributed by atoms with E-state index in [9.17, 15) is 9.59 Å². The van der Waals surface area contributed by atoms with Crippen molar-refractivity contribution >= 4 is 50.6 Å². The Morgan fingerprint density at radius 3 is 2.78 bits per heavy atom. The number of carbonyl (C=O) groups is 2. The quantitative estimate of drug-likeness (QED) is 0.351. The van der Waals surface area contributed by atoms with Crippen molar-refractivity contribution in [2.24, 2.45) is 0 Å². The van der Waals surface area contributed by atoms with Crippen LogP contribution in [0.25, 0.3) is 10.2 Å². The molecule has 0 unspecified atom stereocenters. The van der Waals surface area contributed by atoms with E-state index in [1.54, 1.807) is 35.5 Å². The molecule has 0 spiro atoms. The van der Waals surface area contributed by atoms with Gasteiger partial charge in [-0.2, -0.15) is 5.10 Å². The summed E-state index contributed by atoms with van der Waals surface area (Å²) < 4.78 is 5.79. The molecule has 6 rings (SSSR count). The maximum atomic E-state index is 13.4. The molecule has 4 aromatic rings. The fourth-order valence-corrected chi connectivity index (χ4v) is 5.91. The number of nitrogens with zero attached hydrogens (tertiary/aromatic N) is 4. The van der Waals surface area contributed by atoms with Gasteiger partial charge in [0.2, 0.25) is 5.88 Å². The largest absolute Gasteiger partial charge is 0.438 e. The summed E-state index contributed by atoms with van der Waals surface area (Å²) in [6, 6.07) is 10.6. The van der Waals surface area contributed by atoms with Crippen LogP contribution in [0.1, 0.15) is 47.3 Å². The van der Waals surface area contributed by atoms with E-state index in [0.29, 0.717) is 38.4 Å². The van der Waals surface area contributed by atoms with Crippen molar-refractivity contribution in [1.82, 2.24) is 20.5 Å². The number of amides is 3. The van der Waals surface area contributed by atoms with E-state index in [4.69, 9.17) is 4.74 Å². The number of pyridine rings is 1. The van der Waals surface area contributed by atoms with Gasteiger partial charge in [-0.25, -0.2) is 9.78 Å². The molecule has 36 heavy (non-hydrogen) atoms. The van der Waals surface area contributed by atoms with E-state index in [1.807, 2.05) is 25.1 Å². The third kappa shape index (κ3) is 4.03. The van der Waals surface area contributed by atoms with Gasteiger partial charge in [0.1, 0.15) is 15.5 Å². The first-order chi connectivity index (χ1) is 17.6. The molecule has 1 fully saturated rings. The molecule has 0 saturated heterocycles. The van der Waals surface area contributed by atoms with Crippen molar-refractivity contribution in [2.75, 3.05) is 10.2 Å². The number of ether oxygens (including phenoxy) is 1. The molecule has 182 valence electrons. The first-order valence-electron chi connectivity index (χ1n) is 12.0. The number of nitrogens with one attached hydrogen (secondary N) is 2. The Labute approximate surface area is 211 Å². The predicted octanol–water partition coefficient (Wildman–Crippen LogP) is 5.93. The molecule has 0 atom stereocenters. The van der Waals surface area contributed by atoms with Crippen LogP contribution in [-0.4, -0.2) is 33.2 Å². The van der Waals surface area contributed by atoms with Gasteiger partial charge >= 0.3 is 6.03 Å². The van der Waals surface area contributed by atoms with Gasteiger partial charge in [0.15, 0.2) is 0 Å². The Balaban J connectivity index is 1.34. The Hall–Kier alpha value is -4.05. The summed E-state index contributed by atoms with van der Waals surface area (Å²) in [4.78, 5) is 33.9. The topological polar surface area (TPSA) is 109 Å². The second-order valence-corrected chi connectivity index (χ2v) is 10.0. The van der Waals surface area contributed by atoms with Crippen LogP contribution >= 0.6 is 11.3 Å². The number of hydrogen-bond acceptors (Lipinski definition) is 7. The zero-order valence-corrected chi connectivity index (χ0v) is 20.5. The highest BCUT2D eigenvalue weighted by atomic mass is 32.1. The van der Waals surface area contributed by atoms with Crippen LogP contribution in [0, 0.1) is 6.92 Å². The molecular formula is C26H24N6O3S. The van der Waals surface area contributed by atoms with Gasteiger partial charge in [-0.3, -0.25) is 9.69 Å². The lowest BCUT2D eigenvalue weighted by atomic mass is 9.95. The number of aromatic nitrogens is 3. The fourth-order valence-electron chi connectivity index (χ4n) is 4.89. The van der Waals surface area contributed by atoms with Crippen LogP contribution in [-0.2, 0) is 0 Å². The van der Waals surface area contributed by atoms with E-state index in [-0.39, 0.29) is 18.0 Å². The second-order valence-electron chi connectivity index (χ2n) is 9.00. The van der Waals surface area contributed by atoms with Crippen molar-refractivity contribution in [3.05, 3.63) is 59.2 Å². The highest BCUT2D eigenvalue weighted by Crippen LogP contribution is 2.46. The van der Waals surface area contributed by atoms with E-state index in [2.05, 4.69) is 25.8 Å². The lowest BCUT2D eigenvalue weighted by Crippen LogP contribution is -2.37. The summed E-state index contributed by atoms with van der Waals surface area (Å²) >= 11 is 1.31. The third-order valence-corrected chi connectivity index (χ3v) is 7.67. The fraction of sp³-hybridized carbons (Fsp3) is 0.269. The Morgan fingerprint density at radius 2 is 2.00 bits per heavy atom. The van der Waals surface area contributed by atoms with Gasteiger partial charge in [-0.1, -0.05) is 19.3 Å². The number of urea groups is 1. The van der Waals surface area contributed by atoms with Crippen molar-refractivity contribution in [2.45, 2.75) is 45.1 Å². The molecule has 3 amide bonds. The van der Waals surface area contributed by atoms with E-state index < -0.39 is 0 Å². The summed E-state index contributed by atoms with van der Waals surface area (Å²) in [5, 5.41) is 14.7. The van der Waals surface area contributed by atoms with Crippen LogP contribution in [0.15, 0.2) is 48.8 Å². The van der Waals surface area contributed by atoms with Crippen LogP contribution in [0.4, 0.5) is 21.9 Å². The minimum Gasteiger partial charge on any atom is -0.438 e. The summed E-state index contributed by atoms with van der Waals surface area (Å²) in [6.45, 7) is 1.91. The van der Waals surface area contributed by atoms with E-state index >= 15 is 0 Å². The standard InChI is InChI=1S/C26H24N6O3S/c1-15-14-17(35-20-8-5-12-28-31-20)9-10-18(15)32-19-11-13-27-25-21(19)22(30-26(32)34)23(36-25)24(33)29-16-6-3-2-4-7-16/h5,8-14,16H,2-4,6-7H2,1H3,(H,29,33)(H,30,34). The molecule has 2 N–H and O–H groups in total. The van der Waals surface area contributed by atoms with Crippen LogP contribution in [0.3, 0.4) is 0 Å². The lowest BCUT2D eigenvalue weighted by Gasteiger charge is -2.29. The van der Waals surface area contributed by atoms with Crippen LogP contribution < -0.4 is 20.3 Å². The average molecular weight is 501 g/mol. The smallest absolute Gasteiger partial charge is 0.331 e.